The number of nitrogens with zero attached hydrogens (tertiary/aromatic N) is 1. The topological polar surface area (TPSA) is 3.24 Å². The lowest BCUT2D eigenvalue weighted by Crippen LogP contribution is -2.30. The van der Waals surface area contributed by atoms with E-state index in [4.69, 9.17) is 10.7 Å². The second kappa shape index (κ2) is 5.28. The molecule has 0 heterocycles. The predicted octanol–water partition coefficient (Wildman–Crippen LogP) is 3.44. The molecular formula is C8H16ClNS. The average Bonchev–Trinajstić information content (AvgIpc) is 2.09. The van der Waals surface area contributed by atoms with Gasteiger partial charge in [-0.1, -0.05) is 26.2 Å². The van der Waals surface area contributed by atoms with Gasteiger partial charge in [-0.3, -0.25) is 0 Å². The van der Waals surface area contributed by atoms with Gasteiger partial charge >= 0.3 is 0 Å². The van der Waals surface area contributed by atoms with Crippen LogP contribution in [-0.2, 0) is 0 Å². The van der Waals surface area contributed by atoms with Gasteiger partial charge in [-0.25, -0.2) is 4.31 Å². The fourth-order valence-electron chi connectivity index (χ4n) is 1.73. The van der Waals surface area contributed by atoms with Crippen molar-refractivity contribution in [2.75, 3.05) is 6.54 Å². The van der Waals surface area contributed by atoms with Crippen molar-refractivity contribution >= 4 is 21.8 Å². The summed E-state index contributed by atoms with van der Waals surface area (Å²) in [5.74, 6) is 0. The van der Waals surface area contributed by atoms with E-state index in [0.29, 0.717) is 0 Å². The van der Waals surface area contributed by atoms with Crippen LogP contribution in [0.15, 0.2) is 0 Å². The molecule has 0 aromatic rings. The zero-order valence-corrected chi connectivity index (χ0v) is 8.63. The maximum Gasteiger partial charge on any atom is 0.0309 e. The molecule has 0 aliphatic heterocycles. The molecule has 1 fully saturated rings. The zero-order valence-electron chi connectivity index (χ0n) is 7.05. The van der Waals surface area contributed by atoms with Gasteiger partial charge in [0.15, 0.2) is 0 Å². The van der Waals surface area contributed by atoms with Gasteiger partial charge < -0.3 is 0 Å². The average molecular weight is 194 g/mol. The molecule has 66 valence electrons. The monoisotopic (exact) mass is 193 g/mol. The highest BCUT2D eigenvalue weighted by Gasteiger charge is 2.19. The van der Waals surface area contributed by atoms with Crippen molar-refractivity contribution in [3.05, 3.63) is 0 Å². The molecule has 3 heteroatoms. The van der Waals surface area contributed by atoms with E-state index in [0.717, 1.165) is 12.6 Å². The zero-order chi connectivity index (χ0) is 8.10. The lowest BCUT2D eigenvalue weighted by molar-refractivity contribution is 0.283. The Labute approximate surface area is 78.1 Å². The van der Waals surface area contributed by atoms with Gasteiger partial charge in [0, 0.05) is 23.7 Å². The first-order chi connectivity index (χ1) is 5.38. The molecule has 0 saturated heterocycles. The fraction of sp³-hybridized carbons (Fsp3) is 1.00. The standard InChI is InChI=1S/C8H16ClNS/c1-2-10(11-9)8-6-4-3-5-7-8/h8H,2-7H2,1H3. The van der Waals surface area contributed by atoms with E-state index in [-0.39, 0.29) is 0 Å². The van der Waals surface area contributed by atoms with E-state index in [2.05, 4.69) is 11.2 Å². The van der Waals surface area contributed by atoms with Crippen LogP contribution in [0.1, 0.15) is 39.0 Å². The molecule has 0 atom stereocenters. The van der Waals surface area contributed by atoms with Crippen LogP contribution < -0.4 is 0 Å². The summed E-state index contributed by atoms with van der Waals surface area (Å²) in [6, 6.07) is 0.747. The third-order valence-corrected chi connectivity index (χ3v) is 3.65. The van der Waals surface area contributed by atoms with Crippen molar-refractivity contribution in [3.8, 4) is 0 Å². The van der Waals surface area contributed by atoms with Crippen LogP contribution in [0, 0.1) is 0 Å². The number of rotatable bonds is 3. The van der Waals surface area contributed by atoms with Gasteiger partial charge in [-0.05, 0) is 23.5 Å². The molecule has 0 amide bonds. The van der Waals surface area contributed by atoms with Gasteiger partial charge in [0.2, 0.25) is 0 Å². The number of halogens is 1. The van der Waals surface area contributed by atoms with E-state index < -0.39 is 0 Å². The summed E-state index contributed by atoms with van der Waals surface area (Å²) >= 11 is 1.38. The van der Waals surface area contributed by atoms with Gasteiger partial charge in [-0.2, -0.15) is 0 Å². The summed E-state index contributed by atoms with van der Waals surface area (Å²) in [4.78, 5) is 0. The smallest absolute Gasteiger partial charge is 0.0309 e. The van der Waals surface area contributed by atoms with Crippen molar-refractivity contribution in [2.45, 2.75) is 45.1 Å². The molecule has 0 radical (unpaired) electrons. The molecule has 1 saturated carbocycles. The molecule has 1 aliphatic carbocycles. The van der Waals surface area contributed by atoms with E-state index in [1.165, 1.54) is 43.3 Å². The molecule has 0 spiro atoms. The minimum absolute atomic E-state index is 0.747. The van der Waals surface area contributed by atoms with Crippen molar-refractivity contribution in [1.29, 1.82) is 0 Å². The van der Waals surface area contributed by atoms with E-state index in [1.807, 2.05) is 0 Å². The maximum absolute atomic E-state index is 5.74. The summed E-state index contributed by atoms with van der Waals surface area (Å²) < 4.78 is 2.29. The maximum atomic E-state index is 5.74. The van der Waals surface area contributed by atoms with Crippen LogP contribution in [0.3, 0.4) is 0 Å². The minimum Gasteiger partial charge on any atom is -0.234 e. The number of hydrogen-bond donors (Lipinski definition) is 0. The van der Waals surface area contributed by atoms with Crippen molar-refractivity contribution in [2.24, 2.45) is 0 Å². The summed E-state index contributed by atoms with van der Waals surface area (Å²) in [5, 5.41) is 0. The Bertz CT molecular complexity index is 100. The third kappa shape index (κ3) is 2.85. The molecule has 11 heavy (non-hydrogen) atoms. The van der Waals surface area contributed by atoms with Crippen LogP contribution in [0.4, 0.5) is 0 Å². The van der Waals surface area contributed by atoms with E-state index in [1.54, 1.807) is 0 Å². The summed E-state index contributed by atoms with van der Waals surface area (Å²) in [5.41, 5.74) is 0. The Morgan fingerprint density at radius 2 is 2.00 bits per heavy atom. The highest BCUT2D eigenvalue weighted by molar-refractivity contribution is 8.19. The van der Waals surface area contributed by atoms with Crippen molar-refractivity contribution < 1.29 is 0 Å². The van der Waals surface area contributed by atoms with Crippen LogP contribution in [-0.4, -0.2) is 16.9 Å². The Morgan fingerprint density at radius 1 is 1.36 bits per heavy atom. The lowest BCUT2D eigenvalue weighted by Gasteiger charge is -2.30. The van der Waals surface area contributed by atoms with Crippen LogP contribution in [0.25, 0.3) is 0 Å². The van der Waals surface area contributed by atoms with E-state index in [9.17, 15) is 0 Å². The molecule has 1 rings (SSSR count). The highest BCUT2D eigenvalue weighted by Crippen LogP contribution is 2.28. The highest BCUT2D eigenvalue weighted by atomic mass is 35.7. The van der Waals surface area contributed by atoms with E-state index >= 15 is 0 Å². The normalized spacial score (nSPS) is 21.0. The Morgan fingerprint density at radius 3 is 2.45 bits per heavy atom. The summed E-state index contributed by atoms with van der Waals surface area (Å²) in [7, 11) is 5.74. The lowest BCUT2D eigenvalue weighted by atomic mass is 9.95. The SMILES string of the molecule is CCN(SCl)C1CCCCC1. The largest absolute Gasteiger partial charge is 0.234 e. The molecule has 0 N–H and O–H groups in total. The molecule has 1 nitrogen and oxygen atoms in total. The molecule has 1 aliphatic rings. The Hall–Kier alpha value is 0.600. The Balaban J connectivity index is 2.30. The Kier molecular flexibility index (Phi) is 4.65. The minimum atomic E-state index is 0.747. The molecule has 0 bridgehead atoms. The van der Waals surface area contributed by atoms with Crippen molar-refractivity contribution in [3.63, 3.8) is 0 Å². The molecule has 0 unspecified atom stereocenters. The first-order valence-corrected chi connectivity index (χ1v) is 6.03. The number of hydrogen-bond acceptors (Lipinski definition) is 2. The summed E-state index contributed by atoms with van der Waals surface area (Å²) in [6.45, 7) is 3.24. The first-order valence-electron chi connectivity index (χ1n) is 4.43. The van der Waals surface area contributed by atoms with Gasteiger partial charge in [0.1, 0.15) is 0 Å². The quantitative estimate of drug-likeness (QED) is 0.632. The van der Waals surface area contributed by atoms with Gasteiger partial charge in [0.25, 0.3) is 0 Å². The second-order valence-electron chi connectivity index (χ2n) is 3.09. The molecule has 0 aromatic carbocycles. The third-order valence-electron chi connectivity index (χ3n) is 2.38. The summed E-state index contributed by atoms with van der Waals surface area (Å²) in [6.07, 6.45) is 6.87. The van der Waals surface area contributed by atoms with Gasteiger partial charge in [0.05, 0.1) is 0 Å². The van der Waals surface area contributed by atoms with Crippen molar-refractivity contribution in [1.82, 2.24) is 4.31 Å². The van der Waals surface area contributed by atoms with Crippen LogP contribution >= 0.6 is 21.8 Å². The molecule has 0 aromatic heterocycles. The predicted molar refractivity (Wildman–Crippen MR) is 52.7 cm³/mol. The van der Waals surface area contributed by atoms with Crippen LogP contribution in [0.2, 0.25) is 0 Å². The van der Waals surface area contributed by atoms with Crippen LogP contribution in [0.5, 0.6) is 0 Å². The second-order valence-corrected chi connectivity index (χ2v) is 4.12. The molecular weight excluding hydrogens is 178 g/mol. The van der Waals surface area contributed by atoms with Gasteiger partial charge in [-0.15, -0.1) is 0 Å². The first kappa shape index (κ1) is 9.69. The fourth-order valence-corrected chi connectivity index (χ4v) is 2.78.